The largest absolute Gasteiger partial charge is 0.502 e. The summed E-state index contributed by atoms with van der Waals surface area (Å²) < 4.78 is 15.3. The van der Waals surface area contributed by atoms with Crippen LogP contribution in [0.4, 0.5) is 0 Å². The number of benzene rings is 1. The first-order valence-corrected chi connectivity index (χ1v) is 8.09. The third-order valence-electron chi connectivity index (χ3n) is 4.42. The molecule has 0 aromatic heterocycles. The summed E-state index contributed by atoms with van der Waals surface area (Å²) in [5, 5.41) is 3.69. The van der Waals surface area contributed by atoms with E-state index < -0.39 is 5.97 Å². The van der Waals surface area contributed by atoms with Crippen LogP contribution in [0.5, 0.6) is 5.75 Å². The maximum Gasteiger partial charge on any atom is 0.391 e. The molecule has 8 nitrogen and oxygen atoms in total. The van der Waals surface area contributed by atoms with E-state index in [1.54, 1.807) is 18.3 Å². The van der Waals surface area contributed by atoms with Crippen LogP contribution >= 0.6 is 0 Å². The highest BCUT2D eigenvalue weighted by molar-refractivity contribution is 5.99. The average molecular weight is 358 g/mol. The highest BCUT2D eigenvalue weighted by Gasteiger charge is 2.56. The van der Waals surface area contributed by atoms with Crippen molar-refractivity contribution in [1.29, 1.82) is 0 Å². The third-order valence-corrected chi connectivity index (χ3v) is 4.42. The molecule has 1 aromatic carbocycles. The van der Waals surface area contributed by atoms with Crippen molar-refractivity contribution in [3.05, 3.63) is 48.0 Å². The van der Waals surface area contributed by atoms with Gasteiger partial charge < -0.3 is 14.2 Å². The molecule has 0 spiro atoms. The molecule has 0 saturated carbocycles. The van der Waals surface area contributed by atoms with Crippen molar-refractivity contribution in [3.8, 4) is 5.75 Å². The Hall–Kier alpha value is -3.00. The Morgan fingerprint density at radius 2 is 1.92 bits per heavy atom. The van der Waals surface area contributed by atoms with Gasteiger partial charge in [-0.3, -0.25) is 4.90 Å². The highest BCUT2D eigenvalue weighted by atomic mass is 16.5. The normalized spacial score (nSPS) is 19.9. The second-order valence-corrected chi connectivity index (χ2v) is 5.80. The number of carbonyl (C=O) groups excluding carboxylic acids is 1. The molecule has 1 unspecified atom stereocenters. The molecular formula is C18H22N4O4+. The Morgan fingerprint density at radius 3 is 2.50 bits per heavy atom. The zero-order chi connectivity index (χ0) is 18.8. The predicted molar refractivity (Wildman–Crippen MR) is 96.7 cm³/mol. The van der Waals surface area contributed by atoms with E-state index in [0.717, 1.165) is 17.0 Å². The van der Waals surface area contributed by atoms with Gasteiger partial charge in [0.25, 0.3) is 0 Å². The molecule has 8 heteroatoms. The molecule has 3 rings (SSSR count). The number of hydrogen-bond acceptors (Lipinski definition) is 8. The first kappa shape index (κ1) is 17.8. The van der Waals surface area contributed by atoms with Gasteiger partial charge in [-0.1, -0.05) is 0 Å². The standard InChI is InChI=1S/C18H22N4O4/c1-12-20(2)18-19-10-15(13-6-8-14(25-4)9-7-13)22(18)21(12)16(11-24-3)17(23)26-5/h6-12H,1-5H3/q+1. The van der Waals surface area contributed by atoms with Crippen LogP contribution in [0.25, 0.3) is 5.70 Å². The number of fused-ring (bicyclic) bond motifs is 1. The molecule has 2 aliphatic heterocycles. The molecule has 0 amide bonds. The van der Waals surface area contributed by atoms with Gasteiger partial charge in [0.05, 0.1) is 26.3 Å². The second kappa shape index (κ2) is 7.09. The fourth-order valence-corrected chi connectivity index (χ4v) is 2.97. The smallest absolute Gasteiger partial charge is 0.391 e. The number of esters is 1. The van der Waals surface area contributed by atoms with Gasteiger partial charge >= 0.3 is 11.9 Å². The van der Waals surface area contributed by atoms with E-state index in [1.165, 1.54) is 20.5 Å². The second-order valence-electron chi connectivity index (χ2n) is 5.80. The summed E-state index contributed by atoms with van der Waals surface area (Å²) in [6, 6.07) is 7.66. The summed E-state index contributed by atoms with van der Waals surface area (Å²) in [5.74, 6) is 0.996. The van der Waals surface area contributed by atoms with Gasteiger partial charge in [0.2, 0.25) is 11.4 Å². The van der Waals surface area contributed by atoms with E-state index in [2.05, 4.69) is 4.99 Å². The van der Waals surface area contributed by atoms with Crippen molar-refractivity contribution in [2.75, 3.05) is 28.4 Å². The molecule has 137 valence electrons. The van der Waals surface area contributed by atoms with Gasteiger partial charge in [0, 0.05) is 12.6 Å². The average Bonchev–Trinajstić information content (AvgIpc) is 3.19. The van der Waals surface area contributed by atoms with Crippen LogP contribution in [0, 0.1) is 0 Å². The summed E-state index contributed by atoms with van der Waals surface area (Å²) in [6.45, 7) is 1.97. The molecule has 1 atom stereocenters. The molecule has 0 aliphatic carbocycles. The van der Waals surface area contributed by atoms with Crippen molar-refractivity contribution in [2.45, 2.75) is 13.1 Å². The summed E-state index contributed by atoms with van der Waals surface area (Å²) >= 11 is 0. The van der Waals surface area contributed by atoms with E-state index in [-0.39, 0.29) is 11.9 Å². The number of methoxy groups -OCH3 is 3. The highest BCUT2D eigenvalue weighted by Crippen LogP contribution is 2.34. The summed E-state index contributed by atoms with van der Waals surface area (Å²) in [7, 11) is 6.38. The lowest BCUT2D eigenvalue weighted by Gasteiger charge is -2.22. The van der Waals surface area contributed by atoms with Crippen LogP contribution in [0.15, 0.2) is 47.4 Å². The number of hydrogen-bond donors (Lipinski definition) is 0. The van der Waals surface area contributed by atoms with Crippen LogP contribution in [0.3, 0.4) is 0 Å². The van der Waals surface area contributed by atoms with E-state index in [9.17, 15) is 4.79 Å². The van der Waals surface area contributed by atoms with Gasteiger partial charge in [-0.25, -0.2) is 4.79 Å². The number of nitrogens with zero attached hydrogens (tertiary/aromatic N) is 4. The molecule has 26 heavy (non-hydrogen) atoms. The molecule has 2 heterocycles. The molecule has 0 N–H and O–H groups in total. The molecule has 1 fully saturated rings. The first-order valence-electron chi connectivity index (χ1n) is 8.09. The van der Waals surface area contributed by atoms with Crippen LogP contribution < -0.4 is 9.75 Å². The van der Waals surface area contributed by atoms with E-state index in [1.807, 2.05) is 48.1 Å². The van der Waals surface area contributed by atoms with Gasteiger partial charge in [-0.15, -0.1) is 5.01 Å². The zero-order valence-corrected chi connectivity index (χ0v) is 15.5. The van der Waals surface area contributed by atoms with Crippen molar-refractivity contribution >= 4 is 17.6 Å². The minimum Gasteiger partial charge on any atom is -0.502 e. The molecule has 2 aliphatic rings. The van der Waals surface area contributed by atoms with Gasteiger partial charge in [0.15, 0.2) is 6.17 Å². The van der Waals surface area contributed by atoms with Crippen molar-refractivity contribution in [2.24, 2.45) is 4.99 Å². The summed E-state index contributed by atoms with van der Waals surface area (Å²) in [5.41, 5.74) is 2.06. The lowest BCUT2D eigenvalue weighted by molar-refractivity contribution is -0.139. The number of carbonyl (C=O) groups is 1. The topological polar surface area (TPSA) is 69.5 Å². The minimum atomic E-state index is -0.491. The maximum atomic E-state index is 12.3. The number of rotatable bonds is 5. The fraction of sp³-hybridized carbons (Fsp3) is 0.333. The van der Waals surface area contributed by atoms with Gasteiger partial charge in [-0.05, 0) is 31.2 Å². The van der Waals surface area contributed by atoms with Crippen molar-refractivity contribution in [1.82, 2.24) is 14.9 Å². The Balaban J connectivity index is 2.02. The van der Waals surface area contributed by atoms with Crippen LogP contribution in [-0.4, -0.2) is 56.4 Å². The Bertz CT molecular complexity index is 785. The number of ether oxygens (including phenoxy) is 3. The molecular weight excluding hydrogens is 336 g/mol. The summed E-state index contributed by atoms with van der Waals surface area (Å²) in [6.07, 6.45) is 2.99. The number of hydrazine groups is 1. The van der Waals surface area contributed by atoms with E-state index in [0.29, 0.717) is 5.96 Å². The van der Waals surface area contributed by atoms with E-state index >= 15 is 0 Å². The van der Waals surface area contributed by atoms with Crippen molar-refractivity contribution in [3.63, 3.8) is 0 Å². The SMILES string of the molecule is COC=C(C(=O)OC)N1C(C)N(C)C2=NC=C(c3ccc(OC)cc3)[N+]21. The van der Waals surface area contributed by atoms with Crippen LogP contribution in [0.2, 0.25) is 0 Å². The number of guanidine groups is 1. The van der Waals surface area contributed by atoms with E-state index in [4.69, 9.17) is 14.2 Å². The Morgan fingerprint density at radius 1 is 1.23 bits per heavy atom. The molecule has 1 saturated heterocycles. The summed E-state index contributed by atoms with van der Waals surface area (Å²) in [4.78, 5) is 18.8. The Labute approximate surface area is 152 Å². The third kappa shape index (κ3) is 2.78. The lowest BCUT2D eigenvalue weighted by Crippen LogP contribution is -2.45. The van der Waals surface area contributed by atoms with Gasteiger partial charge in [0.1, 0.15) is 18.2 Å². The first-order chi connectivity index (χ1) is 12.5. The number of aliphatic imine (C=N–C) groups is 1. The molecule has 0 bridgehead atoms. The van der Waals surface area contributed by atoms with Gasteiger partial charge in [-0.2, -0.15) is 4.99 Å². The Kier molecular flexibility index (Phi) is 4.85. The van der Waals surface area contributed by atoms with Crippen LogP contribution in [-0.2, 0) is 14.3 Å². The molecule has 1 radical (unpaired) electrons. The quantitative estimate of drug-likeness (QED) is 0.345. The molecule has 1 aromatic rings. The predicted octanol–water partition coefficient (Wildman–Crippen LogP) is 1.67. The zero-order valence-electron chi connectivity index (χ0n) is 15.5. The minimum absolute atomic E-state index is 0.156. The monoisotopic (exact) mass is 358 g/mol. The van der Waals surface area contributed by atoms with Crippen molar-refractivity contribution < 1.29 is 19.0 Å². The fourth-order valence-electron chi connectivity index (χ4n) is 2.97. The lowest BCUT2D eigenvalue weighted by atomic mass is 10.1. The maximum absolute atomic E-state index is 12.3. The van der Waals surface area contributed by atoms with Crippen LogP contribution in [0.1, 0.15) is 12.5 Å².